The second-order valence-corrected chi connectivity index (χ2v) is 7.14. The number of nitrogens with one attached hydrogen (secondary N) is 1. The van der Waals surface area contributed by atoms with E-state index >= 15 is 0 Å². The molecule has 7 heteroatoms. The average Bonchev–Trinajstić information content (AvgIpc) is 3.19. The summed E-state index contributed by atoms with van der Waals surface area (Å²) >= 11 is 0. The van der Waals surface area contributed by atoms with E-state index in [0.717, 1.165) is 24.8 Å². The van der Waals surface area contributed by atoms with Gasteiger partial charge in [0.25, 0.3) is 11.6 Å². The number of nitro benzene ring substituents is 1. The number of anilines is 1. The highest BCUT2D eigenvalue weighted by atomic mass is 19.1. The molecule has 1 saturated heterocycles. The number of nitrogens with zero attached hydrogens (tertiary/aromatic N) is 2. The van der Waals surface area contributed by atoms with Gasteiger partial charge in [-0.3, -0.25) is 14.9 Å². The number of amides is 1. The smallest absolute Gasteiger partial charge is 0.282 e. The Hall–Kier alpha value is -2.96. The third kappa shape index (κ3) is 3.63. The van der Waals surface area contributed by atoms with Gasteiger partial charge in [0.2, 0.25) is 0 Å². The highest BCUT2D eigenvalue weighted by Crippen LogP contribution is 2.43. The van der Waals surface area contributed by atoms with Gasteiger partial charge in [0.1, 0.15) is 11.4 Å². The molecule has 2 fully saturated rings. The molecule has 2 aliphatic rings. The number of carbonyl (C=O) groups is 1. The summed E-state index contributed by atoms with van der Waals surface area (Å²) < 4.78 is 13.4. The van der Waals surface area contributed by atoms with E-state index < -0.39 is 4.92 Å². The van der Waals surface area contributed by atoms with Gasteiger partial charge in [0.05, 0.1) is 4.92 Å². The van der Waals surface area contributed by atoms with Crippen LogP contribution in [-0.4, -0.2) is 34.9 Å². The number of hydrogen-bond acceptors (Lipinski definition) is 4. The van der Waals surface area contributed by atoms with Crippen LogP contribution in [-0.2, 0) is 0 Å². The molecule has 1 amide bonds. The van der Waals surface area contributed by atoms with Crippen molar-refractivity contribution in [2.24, 2.45) is 0 Å². The summed E-state index contributed by atoms with van der Waals surface area (Å²) in [7, 11) is 0. The second kappa shape index (κ2) is 6.98. The molecule has 1 saturated carbocycles. The van der Waals surface area contributed by atoms with Crippen LogP contribution < -0.4 is 5.32 Å². The Morgan fingerprint density at radius 2 is 1.96 bits per heavy atom. The Bertz CT molecular complexity index is 896. The molecule has 27 heavy (non-hydrogen) atoms. The van der Waals surface area contributed by atoms with E-state index in [4.69, 9.17) is 0 Å². The van der Waals surface area contributed by atoms with Crippen LogP contribution in [0.15, 0.2) is 42.5 Å². The maximum atomic E-state index is 13.4. The van der Waals surface area contributed by atoms with Gasteiger partial charge in [0.15, 0.2) is 0 Å². The van der Waals surface area contributed by atoms with Crippen molar-refractivity contribution in [2.45, 2.75) is 31.2 Å². The lowest BCUT2D eigenvalue weighted by Gasteiger charge is -2.16. The molecular formula is C20H20FN3O3. The standard InChI is InChI=1S/C20H20FN3O3/c21-14-5-3-4-13(10-14)16-12-18(16)22-15-6-7-19(24(26)27)17(11-15)20(25)23-8-1-2-9-23/h3-7,10-11,16,18,22H,1-2,8-9,12H2/t16-,18+/m0/s1. The van der Waals surface area contributed by atoms with Crippen LogP contribution in [0.2, 0.25) is 0 Å². The maximum Gasteiger partial charge on any atom is 0.282 e. The van der Waals surface area contributed by atoms with Crippen LogP contribution >= 0.6 is 0 Å². The van der Waals surface area contributed by atoms with Crippen molar-refractivity contribution >= 4 is 17.3 Å². The van der Waals surface area contributed by atoms with Gasteiger partial charge in [-0.15, -0.1) is 0 Å². The highest BCUT2D eigenvalue weighted by molar-refractivity contribution is 5.99. The molecule has 6 nitrogen and oxygen atoms in total. The fraction of sp³-hybridized carbons (Fsp3) is 0.350. The van der Waals surface area contributed by atoms with E-state index in [2.05, 4.69) is 5.32 Å². The molecule has 1 heterocycles. The van der Waals surface area contributed by atoms with Crippen LogP contribution in [0.25, 0.3) is 0 Å². The van der Waals surface area contributed by atoms with Crippen molar-refractivity contribution in [3.63, 3.8) is 0 Å². The largest absolute Gasteiger partial charge is 0.382 e. The summed E-state index contributed by atoms with van der Waals surface area (Å²) in [6.45, 7) is 1.27. The van der Waals surface area contributed by atoms with Crippen LogP contribution in [0.5, 0.6) is 0 Å². The Labute approximate surface area is 156 Å². The highest BCUT2D eigenvalue weighted by Gasteiger charge is 2.39. The van der Waals surface area contributed by atoms with Gasteiger partial charge in [0, 0.05) is 36.8 Å². The van der Waals surface area contributed by atoms with Gasteiger partial charge < -0.3 is 10.2 Å². The van der Waals surface area contributed by atoms with Gasteiger partial charge in [-0.05, 0) is 49.1 Å². The van der Waals surface area contributed by atoms with Crippen molar-refractivity contribution < 1.29 is 14.1 Å². The summed E-state index contributed by atoms with van der Waals surface area (Å²) in [4.78, 5) is 25.2. The minimum absolute atomic E-state index is 0.120. The molecule has 1 aliphatic heterocycles. The van der Waals surface area contributed by atoms with Crippen molar-refractivity contribution in [3.05, 3.63) is 69.5 Å². The lowest BCUT2D eigenvalue weighted by atomic mass is 10.1. The summed E-state index contributed by atoms with van der Waals surface area (Å²) in [6.07, 6.45) is 2.71. The molecular weight excluding hydrogens is 349 g/mol. The van der Waals surface area contributed by atoms with Crippen molar-refractivity contribution in [2.75, 3.05) is 18.4 Å². The molecule has 0 bridgehead atoms. The number of hydrogen-bond donors (Lipinski definition) is 1. The third-order valence-electron chi connectivity index (χ3n) is 5.24. The summed E-state index contributed by atoms with van der Waals surface area (Å²) in [5.74, 6) is -0.346. The minimum Gasteiger partial charge on any atom is -0.382 e. The van der Waals surface area contributed by atoms with Crippen molar-refractivity contribution in [1.82, 2.24) is 4.90 Å². The lowest BCUT2D eigenvalue weighted by molar-refractivity contribution is -0.385. The molecule has 4 rings (SSSR count). The van der Waals surface area contributed by atoms with E-state index in [1.165, 1.54) is 18.2 Å². The van der Waals surface area contributed by atoms with E-state index in [-0.39, 0.29) is 34.9 Å². The molecule has 0 radical (unpaired) electrons. The number of likely N-dealkylation sites (tertiary alicyclic amines) is 1. The van der Waals surface area contributed by atoms with Crippen LogP contribution in [0.1, 0.15) is 41.1 Å². The monoisotopic (exact) mass is 369 g/mol. The fourth-order valence-corrected chi connectivity index (χ4v) is 3.72. The zero-order chi connectivity index (χ0) is 19.0. The minimum atomic E-state index is -0.514. The first kappa shape index (κ1) is 17.5. The van der Waals surface area contributed by atoms with E-state index in [1.807, 2.05) is 6.07 Å². The average molecular weight is 369 g/mol. The van der Waals surface area contributed by atoms with Gasteiger partial charge >= 0.3 is 0 Å². The molecule has 0 aromatic heterocycles. The maximum absolute atomic E-state index is 13.4. The Morgan fingerprint density at radius 1 is 1.19 bits per heavy atom. The van der Waals surface area contributed by atoms with E-state index in [9.17, 15) is 19.3 Å². The molecule has 1 aliphatic carbocycles. The van der Waals surface area contributed by atoms with Gasteiger partial charge in [-0.2, -0.15) is 0 Å². The van der Waals surface area contributed by atoms with E-state index in [1.54, 1.807) is 23.1 Å². The van der Waals surface area contributed by atoms with Crippen LogP contribution in [0.4, 0.5) is 15.8 Å². The molecule has 2 atom stereocenters. The first-order valence-corrected chi connectivity index (χ1v) is 9.12. The molecule has 0 spiro atoms. The van der Waals surface area contributed by atoms with Crippen LogP contribution in [0, 0.1) is 15.9 Å². The third-order valence-corrected chi connectivity index (χ3v) is 5.24. The zero-order valence-corrected chi connectivity index (χ0v) is 14.7. The molecule has 140 valence electrons. The number of nitro groups is 1. The number of rotatable bonds is 5. The Balaban J connectivity index is 1.53. The molecule has 0 unspecified atom stereocenters. The zero-order valence-electron chi connectivity index (χ0n) is 14.7. The van der Waals surface area contributed by atoms with Crippen molar-refractivity contribution in [1.29, 1.82) is 0 Å². The predicted molar refractivity (Wildman–Crippen MR) is 99.4 cm³/mol. The topological polar surface area (TPSA) is 75.5 Å². The molecule has 2 aromatic rings. The van der Waals surface area contributed by atoms with Crippen LogP contribution in [0.3, 0.4) is 0 Å². The Morgan fingerprint density at radius 3 is 2.67 bits per heavy atom. The van der Waals surface area contributed by atoms with Gasteiger partial charge in [-0.1, -0.05) is 12.1 Å². The quantitative estimate of drug-likeness (QED) is 0.640. The summed E-state index contributed by atoms with van der Waals surface area (Å²) in [6, 6.07) is 11.2. The second-order valence-electron chi connectivity index (χ2n) is 7.14. The first-order chi connectivity index (χ1) is 13.0. The first-order valence-electron chi connectivity index (χ1n) is 9.12. The molecule has 1 N–H and O–H groups in total. The number of carbonyl (C=O) groups excluding carboxylic acids is 1. The fourth-order valence-electron chi connectivity index (χ4n) is 3.72. The number of halogens is 1. The lowest BCUT2D eigenvalue weighted by Crippen LogP contribution is -2.28. The number of benzene rings is 2. The van der Waals surface area contributed by atoms with Gasteiger partial charge in [-0.25, -0.2) is 4.39 Å². The Kier molecular flexibility index (Phi) is 4.51. The van der Waals surface area contributed by atoms with Crippen molar-refractivity contribution in [3.8, 4) is 0 Å². The summed E-state index contributed by atoms with van der Waals surface area (Å²) in [5.41, 5.74) is 1.56. The SMILES string of the molecule is O=C(c1cc(N[C@@H]2C[C@H]2c2cccc(F)c2)ccc1[N+](=O)[O-])N1CCCC1. The van der Waals surface area contributed by atoms with E-state index in [0.29, 0.717) is 18.8 Å². The molecule has 2 aromatic carbocycles. The summed E-state index contributed by atoms with van der Waals surface area (Å²) in [5, 5.41) is 14.7. The predicted octanol–water partition coefficient (Wildman–Crippen LogP) is 3.94. The normalized spacial score (nSPS) is 21.1.